The molecule has 1 aromatic heterocycles. The third-order valence-electron chi connectivity index (χ3n) is 4.68. The van der Waals surface area contributed by atoms with Gasteiger partial charge in [-0.3, -0.25) is 4.98 Å². The second kappa shape index (κ2) is 5.55. The van der Waals surface area contributed by atoms with Crippen LogP contribution in [0.2, 0.25) is 0 Å². The highest BCUT2D eigenvalue weighted by Gasteiger charge is 2.37. The van der Waals surface area contributed by atoms with Gasteiger partial charge in [-0.05, 0) is 50.8 Å². The van der Waals surface area contributed by atoms with Crippen molar-refractivity contribution in [3.05, 3.63) is 29.8 Å². The molecular formula is C15H22FN3. The molecule has 4 heteroatoms. The Bertz CT molecular complexity index is 420. The highest BCUT2D eigenvalue weighted by molar-refractivity contribution is 5.10. The van der Waals surface area contributed by atoms with Gasteiger partial charge in [0.05, 0.1) is 17.9 Å². The van der Waals surface area contributed by atoms with E-state index in [2.05, 4.69) is 15.2 Å². The topological polar surface area (TPSA) is 28.2 Å². The van der Waals surface area contributed by atoms with Gasteiger partial charge < -0.3 is 10.2 Å². The van der Waals surface area contributed by atoms with Gasteiger partial charge in [-0.1, -0.05) is 0 Å². The van der Waals surface area contributed by atoms with Gasteiger partial charge in [0.2, 0.25) is 0 Å². The zero-order valence-electron chi connectivity index (χ0n) is 11.5. The molecule has 1 N–H and O–H groups in total. The van der Waals surface area contributed by atoms with Crippen LogP contribution in [0.5, 0.6) is 0 Å². The lowest BCUT2D eigenvalue weighted by atomic mass is 10.1. The fourth-order valence-corrected chi connectivity index (χ4v) is 3.63. The van der Waals surface area contributed by atoms with Crippen molar-refractivity contribution in [2.24, 2.45) is 5.92 Å². The van der Waals surface area contributed by atoms with Crippen molar-refractivity contribution in [3.63, 3.8) is 0 Å². The average Bonchev–Trinajstić information content (AvgIpc) is 3.04. The minimum atomic E-state index is -0.268. The molecule has 2 fully saturated rings. The van der Waals surface area contributed by atoms with Crippen LogP contribution in [0.15, 0.2) is 18.3 Å². The van der Waals surface area contributed by atoms with Crippen LogP contribution in [-0.2, 0) is 0 Å². The molecule has 19 heavy (non-hydrogen) atoms. The Morgan fingerprint density at radius 1 is 1.47 bits per heavy atom. The Hall–Kier alpha value is -1.00. The van der Waals surface area contributed by atoms with E-state index in [4.69, 9.17) is 0 Å². The summed E-state index contributed by atoms with van der Waals surface area (Å²) in [6, 6.07) is 4.32. The van der Waals surface area contributed by atoms with Crippen molar-refractivity contribution < 1.29 is 4.39 Å². The number of likely N-dealkylation sites (tertiary alicyclic amines) is 1. The summed E-state index contributed by atoms with van der Waals surface area (Å²) in [5.74, 6) is 0.678. The summed E-state index contributed by atoms with van der Waals surface area (Å²) in [4.78, 5) is 6.81. The zero-order valence-corrected chi connectivity index (χ0v) is 11.5. The fraction of sp³-hybridized carbons (Fsp3) is 0.667. The highest BCUT2D eigenvalue weighted by Crippen LogP contribution is 2.37. The van der Waals surface area contributed by atoms with Gasteiger partial charge in [-0.2, -0.15) is 0 Å². The van der Waals surface area contributed by atoms with E-state index in [1.165, 1.54) is 38.1 Å². The van der Waals surface area contributed by atoms with Crippen molar-refractivity contribution >= 4 is 0 Å². The summed E-state index contributed by atoms with van der Waals surface area (Å²) in [5.41, 5.74) is 0.938. The first-order valence-electron chi connectivity index (χ1n) is 7.29. The van der Waals surface area contributed by atoms with Gasteiger partial charge in [0.1, 0.15) is 5.82 Å². The number of halogens is 1. The van der Waals surface area contributed by atoms with Crippen molar-refractivity contribution in [3.8, 4) is 0 Å². The van der Waals surface area contributed by atoms with Crippen molar-refractivity contribution in [1.82, 2.24) is 15.2 Å². The Morgan fingerprint density at radius 3 is 2.95 bits per heavy atom. The first kappa shape index (κ1) is 13.0. The number of hydrogen-bond acceptors (Lipinski definition) is 3. The van der Waals surface area contributed by atoms with Gasteiger partial charge in [0.15, 0.2) is 0 Å². The lowest BCUT2D eigenvalue weighted by Crippen LogP contribution is -2.34. The minimum absolute atomic E-state index is 0.222. The maximum atomic E-state index is 12.9. The van der Waals surface area contributed by atoms with Crippen LogP contribution in [0.1, 0.15) is 37.4 Å². The van der Waals surface area contributed by atoms with Crippen LogP contribution in [0.4, 0.5) is 4.39 Å². The quantitative estimate of drug-likeness (QED) is 0.884. The summed E-state index contributed by atoms with van der Waals surface area (Å²) in [6.45, 7) is 2.39. The van der Waals surface area contributed by atoms with Crippen molar-refractivity contribution in [2.75, 3.05) is 20.1 Å². The van der Waals surface area contributed by atoms with E-state index in [9.17, 15) is 4.39 Å². The summed E-state index contributed by atoms with van der Waals surface area (Å²) < 4.78 is 12.9. The molecule has 1 aliphatic heterocycles. The smallest absolute Gasteiger partial charge is 0.141 e. The number of fused-ring (bicyclic) bond motifs is 2. The second-order valence-electron chi connectivity index (χ2n) is 5.86. The third-order valence-corrected chi connectivity index (χ3v) is 4.68. The molecule has 0 amide bonds. The highest BCUT2D eigenvalue weighted by atomic mass is 19.1. The van der Waals surface area contributed by atoms with Gasteiger partial charge in [0.25, 0.3) is 0 Å². The summed E-state index contributed by atoms with van der Waals surface area (Å²) in [7, 11) is 1.95. The van der Waals surface area contributed by atoms with Crippen molar-refractivity contribution in [1.29, 1.82) is 0 Å². The molecule has 0 aromatic carbocycles. The molecule has 3 unspecified atom stereocenters. The van der Waals surface area contributed by atoms with Crippen LogP contribution >= 0.6 is 0 Å². The lowest BCUT2D eigenvalue weighted by molar-refractivity contribution is 0.203. The number of aromatic nitrogens is 1. The van der Waals surface area contributed by atoms with Gasteiger partial charge >= 0.3 is 0 Å². The molecule has 1 saturated heterocycles. The molecular weight excluding hydrogens is 241 g/mol. The first-order chi connectivity index (χ1) is 9.26. The molecule has 3 rings (SSSR count). The first-order valence-corrected chi connectivity index (χ1v) is 7.29. The number of rotatable bonds is 5. The fourth-order valence-electron chi connectivity index (χ4n) is 3.63. The van der Waals surface area contributed by atoms with E-state index in [0.717, 1.165) is 30.6 Å². The van der Waals surface area contributed by atoms with E-state index in [1.54, 1.807) is 6.07 Å². The van der Waals surface area contributed by atoms with Crippen LogP contribution in [0.3, 0.4) is 0 Å². The predicted molar refractivity (Wildman–Crippen MR) is 73.3 cm³/mol. The van der Waals surface area contributed by atoms with Crippen LogP contribution < -0.4 is 5.32 Å². The Labute approximate surface area is 114 Å². The number of hydrogen-bond donors (Lipinski definition) is 1. The van der Waals surface area contributed by atoms with Crippen molar-refractivity contribution in [2.45, 2.75) is 37.8 Å². The number of pyridine rings is 1. The molecule has 0 radical (unpaired) electrons. The van der Waals surface area contributed by atoms with E-state index in [-0.39, 0.29) is 11.9 Å². The minimum Gasteiger partial charge on any atom is -0.312 e. The molecule has 1 saturated carbocycles. The monoisotopic (exact) mass is 263 g/mol. The lowest BCUT2D eigenvalue weighted by Gasteiger charge is -2.28. The average molecular weight is 263 g/mol. The predicted octanol–water partition coefficient (Wildman–Crippen LogP) is 2.36. The van der Waals surface area contributed by atoms with E-state index in [1.807, 2.05) is 7.05 Å². The van der Waals surface area contributed by atoms with Gasteiger partial charge in [-0.25, -0.2) is 4.39 Å². The number of nitrogens with zero attached hydrogens (tertiary/aromatic N) is 2. The summed E-state index contributed by atoms with van der Waals surface area (Å²) in [6.07, 6.45) is 6.55. The van der Waals surface area contributed by atoms with Gasteiger partial charge in [-0.15, -0.1) is 0 Å². The molecule has 2 bridgehead atoms. The summed E-state index contributed by atoms with van der Waals surface area (Å²) in [5, 5.41) is 3.29. The Morgan fingerprint density at radius 2 is 2.37 bits per heavy atom. The molecule has 0 spiro atoms. The molecule has 2 heterocycles. The molecule has 104 valence electrons. The largest absolute Gasteiger partial charge is 0.312 e. The Balaban J connectivity index is 1.56. The third kappa shape index (κ3) is 2.79. The molecule has 3 atom stereocenters. The second-order valence-corrected chi connectivity index (χ2v) is 5.86. The summed E-state index contributed by atoms with van der Waals surface area (Å²) >= 11 is 0. The van der Waals surface area contributed by atoms with E-state index in [0.29, 0.717) is 0 Å². The molecule has 3 nitrogen and oxygen atoms in total. The molecule has 1 aromatic rings. The molecule has 2 aliphatic rings. The van der Waals surface area contributed by atoms with E-state index >= 15 is 0 Å². The van der Waals surface area contributed by atoms with Crippen LogP contribution in [0, 0.1) is 11.7 Å². The standard InChI is InChI=1S/C15H22FN3/c1-17-14(15-5-3-12(16)9-18-15)6-7-19-10-11-2-4-13(19)8-11/h3,5,9,11,13-14,17H,2,4,6-8,10H2,1H3. The Kier molecular flexibility index (Phi) is 3.80. The SMILES string of the molecule is CNC(CCN1CC2CCC1C2)c1ccc(F)cn1. The number of nitrogens with one attached hydrogen (secondary N) is 1. The maximum absolute atomic E-state index is 12.9. The van der Waals surface area contributed by atoms with E-state index < -0.39 is 0 Å². The van der Waals surface area contributed by atoms with Crippen LogP contribution in [0.25, 0.3) is 0 Å². The normalized spacial score (nSPS) is 27.9. The molecule has 1 aliphatic carbocycles. The van der Waals surface area contributed by atoms with Gasteiger partial charge in [0, 0.05) is 19.1 Å². The maximum Gasteiger partial charge on any atom is 0.141 e. The number of piperidine rings is 1. The van der Waals surface area contributed by atoms with Crippen LogP contribution in [-0.4, -0.2) is 36.1 Å². The zero-order chi connectivity index (χ0) is 13.2.